The van der Waals surface area contributed by atoms with E-state index in [1.54, 1.807) is 0 Å². The molecule has 0 aromatic heterocycles. The average molecular weight is 248 g/mol. The highest BCUT2D eigenvalue weighted by Gasteiger charge is 2.59. The lowest BCUT2D eigenvalue weighted by atomic mass is 9.80. The minimum Gasteiger partial charge on any atom is -0.352 e. The average Bonchev–Trinajstić information content (AvgIpc) is 2.65. The molecule has 3 rings (SSSR count). The van der Waals surface area contributed by atoms with Crippen LogP contribution in [0, 0.1) is 5.41 Å². The Balaban J connectivity index is 1.89. The van der Waals surface area contributed by atoms with Crippen LogP contribution in [0.2, 0.25) is 0 Å². The predicted molar refractivity (Wildman–Crippen MR) is 73.7 cm³/mol. The van der Waals surface area contributed by atoms with E-state index in [-0.39, 0.29) is 17.1 Å². The van der Waals surface area contributed by atoms with Crippen LogP contribution in [0.25, 0.3) is 0 Å². The molecule has 3 atom stereocenters. The number of nitrogens with zero attached hydrogens (tertiary/aromatic N) is 2. The summed E-state index contributed by atoms with van der Waals surface area (Å²) < 4.78 is 0. The lowest BCUT2D eigenvalue weighted by molar-refractivity contribution is 0.128. The number of hydrogen-bond acceptors (Lipinski definition) is 4. The molecule has 0 spiro atoms. The summed E-state index contributed by atoms with van der Waals surface area (Å²) in [4.78, 5) is 4.75. The summed E-state index contributed by atoms with van der Waals surface area (Å²) in [5.74, 6) is 0. The molecule has 0 saturated carbocycles. The molecule has 18 heavy (non-hydrogen) atoms. The number of hydrogen-bond donors (Lipinski definition) is 2. The molecule has 0 aromatic carbocycles. The summed E-state index contributed by atoms with van der Waals surface area (Å²) in [7, 11) is 2.16. The van der Waals surface area contributed by atoms with Gasteiger partial charge in [0.1, 0.15) is 5.66 Å². The molecule has 4 N–H and O–H groups in total. The smallest absolute Gasteiger partial charge is 0.108 e. The first kappa shape index (κ1) is 12.2. The highest BCUT2D eigenvalue weighted by Crippen LogP contribution is 2.49. The first-order chi connectivity index (χ1) is 8.45. The summed E-state index contributed by atoms with van der Waals surface area (Å²) in [5, 5.41) is 0. The van der Waals surface area contributed by atoms with Gasteiger partial charge in [-0.1, -0.05) is 19.1 Å². The zero-order chi connectivity index (χ0) is 13.0. The van der Waals surface area contributed by atoms with Crippen LogP contribution in [0.4, 0.5) is 0 Å². The van der Waals surface area contributed by atoms with Crippen molar-refractivity contribution in [3.05, 3.63) is 23.9 Å². The fraction of sp³-hybridized carbons (Fsp3) is 0.714. The van der Waals surface area contributed by atoms with Gasteiger partial charge in [-0.25, -0.2) is 0 Å². The van der Waals surface area contributed by atoms with Gasteiger partial charge in [0.25, 0.3) is 0 Å². The zero-order valence-corrected chi connectivity index (χ0v) is 11.4. The molecule has 2 heterocycles. The Morgan fingerprint density at radius 2 is 2.17 bits per heavy atom. The fourth-order valence-electron chi connectivity index (χ4n) is 3.84. The molecule has 4 nitrogen and oxygen atoms in total. The second kappa shape index (κ2) is 3.83. The topological polar surface area (TPSA) is 58.5 Å². The van der Waals surface area contributed by atoms with Gasteiger partial charge < -0.3 is 21.3 Å². The van der Waals surface area contributed by atoms with Crippen LogP contribution in [-0.2, 0) is 0 Å². The third-order valence-corrected chi connectivity index (χ3v) is 4.97. The van der Waals surface area contributed by atoms with Crippen LogP contribution in [0.1, 0.15) is 19.8 Å². The van der Waals surface area contributed by atoms with E-state index in [2.05, 4.69) is 42.0 Å². The monoisotopic (exact) mass is 248 g/mol. The summed E-state index contributed by atoms with van der Waals surface area (Å²) in [6.45, 7) is 5.43. The number of fused-ring (bicyclic) bond motifs is 1. The van der Waals surface area contributed by atoms with Crippen molar-refractivity contribution in [2.24, 2.45) is 16.9 Å². The van der Waals surface area contributed by atoms with Crippen molar-refractivity contribution in [3.8, 4) is 0 Å². The molecule has 0 aromatic rings. The van der Waals surface area contributed by atoms with Gasteiger partial charge in [-0.3, -0.25) is 0 Å². The maximum absolute atomic E-state index is 6.78. The van der Waals surface area contributed by atoms with Crippen molar-refractivity contribution in [2.45, 2.75) is 31.5 Å². The Bertz CT molecular complexity index is 416. The maximum Gasteiger partial charge on any atom is 0.108 e. The van der Waals surface area contributed by atoms with Crippen LogP contribution in [0.5, 0.6) is 0 Å². The fourth-order valence-corrected chi connectivity index (χ4v) is 3.84. The van der Waals surface area contributed by atoms with Gasteiger partial charge in [0.05, 0.1) is 0 Å². The van der Waals surface area contributed by atoms with Crippen LogP contribution in [0.3, 0.4) is 0 Å². The number of allylic oxidation sites excluding steroid dienone is 1. The minimum atomic E-state index is -0.223. The molecule has 100 valence electrons. The molecule has 1 aliphatic carbocycles. The van der Waals surface area contributed by atoms with Crippen LogP contribution < -0.4 is 11.5 Å². The Morgan fingerprint density at radius 1 is 1.39 bits per heavy atom. The van der Waals surface area contributed by atoms with Gasteiger partial charge in [-0.05, 0) is 26.0 Å². The second-order valence-electron chi connectivity index (χ2n) is 6.45. The summed E-state index contributed by atoms with van der Waals surface area (Å²) in [5.41, 5.74) is 13.9. The van der Waals surface area contributed by atoms with E-state index >= 15 is 0 Å². The van der Waals surface area contributed by atoms with Crippen molar-refractivity contribution in [3.63, 3.8) is 0 Å². The number of likely N-dealkylation sites (N-methyl/N-ethyl adjacent to an activating group) is 1. The molecule has 2 aliphatic heterocycles. The van der Waals surface area contributed by atoms with Crippen molar-refractivity contribution >= 4 is 0 Å². The van der Waals surface area contributed by atoms with E-state index in [4.69, 9.17) is 11.5 Å². The summed E-state index contributed by atoms with van der Waals surface area (Å²) in [6.07, 6.45) is 8.57. The number of nitrogens with two attached hydrogens (primary N) is 2. The second-order valence-corrected chi connectivity index (χ2v) is 6.45. The molecule has 4 heteroatoms. The van der Waals surface area contributed by atoms with Gasteiger partial charge in [0.2, 0.25) is 0 Å². The molecule has 2 saturated heterocycles. The van der Waals surface area contributed by atoms with Crippen molar-refractivity contribution in [1.29, 1.82) is 0 Å². The van der Waals surface area contributed by atoms with E-state index in [1.165, 1.54) is 12.1 Å². The van der Waals surface area contributed by atoms with Crippen LogP contribution in [0.15, 0.2) is 23.9 Å². The maximum atomic E-state index is 6.78. The third-order valence-electron chi connectivity index (χ3n) is 4.97. The Hall–Kier alpha value is -0.840. The van der Waals surface area contributed by atoms with Crippen molar-refractivity contribution < 1.29 is 0 Å². The molecule has 1 unspecified atom stereocenters. The number of likely N-dealkylation sites (tertiary alicyclic amines) is 2. The molecular weight excluding hydrogens is 224 g/mol. The van der Waals surface area contributed by atoms with Crippen molar-refractivity contribution in [1.82, 2.24) is 9.80 Å². The predicted octanol–water partition coefficient (Wildman–Crippen LogP) is 0.470. The highest BCUT2D eigenvalue weighted by molar-refractivity contribution is 5.29. The Kier molecular flexibility index (Phi) is 2.59. The Morgan fingerprint density at radius 3 is 2.83 bits per heavy atom. The van der Waals surface area contributed by atoms with Gasteiger partial charge in [0, 0.05) is 36.8 Å². The van der Waals surface area contributed by atoms with E-state index in [9.17, 15) is 0 Å². The van der Waals surface area contributed by atoms with Gasteiger partial charge in [0.15, 0.2) is 0 Å². The standard InChI is InChI=1S/C14H24N4/c1-13-7-8-18(12-5-3-11(15)4-6-12)14(13,16)10-17(2)9-13/h3,5-6,11H,4,7-10,15-16H2,1-2H3/t11?,13-,14+/m0/s1. The summed E-state index contributed by atoms with van der Waals surface area (Å²) >= 11 is 0. The largest absolute Gasteiger partial charge is 0.352 e. The first-order valence-corrected chi connectivity index (χ1v) is 6.84. The normalized spacial score (nSPS) is 44.3. The zero-order valence-electron chi connectivity index (χ0n) is 11.4. The SMILES string of the molecule is CN1C[C@]2(C)CCN(C3=CCC(N)C=C3)[C@]2(N)C1. The van der Waals surface area contributed by atoms with E-state index in [0.29, 0.717) is 0 Å². The van der Waals surface area contributed by atoms with E-state index < -0.39 is 0 Å². The van der Waals surface area contributed by atoms with Crippen molar-refractivity contribution in [2.75, 3.05) is 26.7 Å². The lowest BCUT2D eigenvalue weighted by Crippen LogP contribution is -2.59. The Labute approximate surface area is 109 Å². The van der Waals surface area contributed by atoms with Crippen LogP contribution in [-0.4, -0.2) is 48.2 Å². The first-order valence-electron chi connectivity index (χ1n) is 6.84. The molecular formula is C14H24N4. The van der Waals surface area contributed by atoms with Gasteiger partial charge >= 0.3 is 0 Å². The number of rotatable bonds is 1. The molecule has 0 bridgehead atoms. The van der Waals surface area contributed by atoms with E-state index in [1.807, 2.05) is 0 Å². The minimum absolute atomic E-state index is 0.169. The van der Waals surface area contributed by atoms with Gasteiger partial charge in [-0.2, -0.15) is 0 Å². The van der Waals surface area contributed by atoms with E-state index in [0.717, 1.165) is 26.1 Å². The highest BCUT2D eigenvalue weighted by atomic mass is 15.4. The quantitative estimate of drug-likeness (QED) is 0.708. The lowest BCUT2D eigenvalue weighted by Gasteiger charge is -2.41. The molecule has 0 amide bonds. The summed E-state index contributed by atoms with van der Waals surface area (Å²) in [6, 6.07) is 0.169. The van der Waals surface area contributed by atoms with Gasteiger partial charge in [-0.15, -0.1) is 0 Å². The molecule has 2 fully saturated rings. The van der Waals surface area contributed by atoms with Crippen LogP contribution >= 0.6 is 0 Å². The third kappa shape index (κ3) is 1.56. The molecule has 3 aliphatic rings. The molecule has 0 radical (unpaired) electrons.